The minimum absolute atomic E-state index is 0.0480. The molecule has 1 aromatic heterocycles. The lowest BCUT2D eigenvalue weighted by Crippen LogP contribution is -2.14. The molecule has 8 nitrogen and oxygen atoms in total. The number of carbonyl (C=O) groups excluding carboxylic acids is 1. The summed E-state index contributed by atoms with van der Waals surface area (Å²) < 4.78 is 32.7. The molecule has 2 aromatic carbocycles. The smallest absolute Gasteiger partial charge is 0.261 e. The van der Waals surface area contributed by atoms with Crippen molar-refractivity contribution < 1.29 is 17.9 Å². The first-order chi connectivity index (χ1) is 14.9. The number of carbonyl (C=O) groups is 1. The molecule has 3 rings (SSSR count). The van der Waals surface area contributed by atoms with E-state index in [4.69, 9.17) is 4.74 Å². The van der Waals surface area contributed by atoms with E-state index in [2.05, 4.69) is 34.1 Å². The highest BCUT2D eigenvalue weighted by atomic mass is 32.2. The average Bonchev–Trinajstić information content (AvgIpc) is 3.23. The molecule has 0 fully saturated rings. The summed E-state index contributed by atoms with van der Waals surface area (Å²) >= 11 is 1.36. The van der Waals surface area contributed by atoms with Crippen LogP contribution in [-0.4, -0.2) is 31.6 Å². The van der Waals surface area contributed by atoms with Gasteiger partial charge in [-0.15, -0.1) is 10.2 Å². The highest BCUT2D eigenvalue weighted by molar-refractivity contribution is 7.92. The van der Waals surface area contributed by atoms with E-state index < -0.39 is 10.0 Å². The van der Waals surface area contributed by atoms with Gasteiger partial charge in [-0.2, -0.15) is 0 Å². The molecule has 2 N–H and O–H groups in total. The Morgan fingerprint density at radius 1 is 1.03 bits per heavy atom. The predicted molar refractivity (Wildman–Crippen MR) is 121 cm³/mol. The van der Waals surface area contributed by atoms with E-state index in [1.165, 1.54) is 42.7 Å². The Morgan fingerprint density at radius 3 is 2.26 bits per heavy atom. The largest absolute Gasteiger partial charge is 0.497 e. The van der Waals surface area contributed by atoms with Crippen LogP contribution in [0.15, 0.2) is 53.4 Å². The van der Waals surface area contributed by atoms with Crippen LogP contribution in [0.1, 0.15) is 48.0 Å². The van der Waals surface area contributed by atoms with E-state index in [0.717, 1.165) is 17.8 Å². The van der Waals surface area contributed by atoms with E-state index in [0.29, 0.717) is 28.0 Å². The van der Waals surface area contributed by atoms with E-state index in [1.54, 1.807) is 24.3 Å². The number of ether oxygens (including phenoxy) is 1. The van der Waals surface area contributed by atoms with Crippen molar-refractivity contribution in [1.29, 1.82) is 0 Å². The maximum atomic E-state index is 12.6. The van der Waals surface area contributed by atoms with Crippen LogP contribution in [0.2, 0.25) is 0 Å². The maximum Gasteiger partial charge on any atom is 0.261 e. The van der Waals surface area contributed by atoms with E-state index in [9.17, 15) is 13.2 Å². The molecule has 1 amide bonds. The van der Waals surface area contributed by atoms with Gasteiger partial charge in [0.15, 0.2) is 0 Å². The third-order valence-electron chi connectivity index (χ3n) is 4.76. The van der Waals surface area contributed by atoms with E-state index in [-0.39, 0.29) is 10.8 Å². The van der Waals surface area contributed by atoms with Crippen molar-refractivity contribution in [2.75, 3.05) is 17.1 Å². The fourth-order valence-corrected chi connectivity index (χ4v) is 4.98. The van der Waals surface area contributed by atoms with Crippen molar-refractivity contribution in [1.82, 2.24) is 10.2 Å². The standard InChI is InChI=1S/C21H24N4O4S2/c1-4-14(5-2)20-23-24-21(30-20)22-19(26)15-6-12-18(13-7-15)31(27,28)25-16-8-10-17(29-3)11-9-16/h6-14,25H,4-5H2,1-3H3,(H,22,24,26). The van der Waals surface area contributed by atoms with Gasteiger partial charge in [0, 0.05) is 17.2 Å². The molecule has 0 bridgehead atoms. The van der Waals surface area contributed by atoms with Crippen LogP contribution < -0.4 is 14.8 Å². The molecule has 0 aliphatic carbocycles. The second-order valence-corrected chi connectivity index (χ2v) is 9.46. The molecule has 164 valence electrons. The molecule has 10 heteroatoms. The number of rotatable bonds is 9. The van der Waals surface area contributed by atoms with Gasteiger partial charge >= 0.3 is 0 Å². The second kappa shape index (κ2) is 9.88. The van der Waals surface area contributed by atoms with Crippen molar-refractivity contribution in [3.63, 3.8) is 0 Å². The van der Waals surface area contributed by atoms with Crippen LogP contribution >= 0.6 is 11.3 Å². The highest BCUT2D eigenvalue weighted by Gasteiger charge is 2.17. The zero-order valence-electron chi connectivity index (χ0n) is 17.5. The molecule has 0 aliphatic rings. The summed E-state index contributed by atoms with van der Waals surface area (Å²) in [5.74, 6) is 0.575. The Bertz CT molecular complexity index is 1120. The van der Waals surface area contributed by atoms with Gasteiger partial charge in [0.05, 0.1) is 12.0 Å². The van der Waals surface area contributed by atoms with Crippen LogP contribution in [0.5, 0.6) is 5.75 Å². The number of hydrogen-bond acceptors (Lipinski definition) is 7. The van der Waals surface area contributed by atoms with Crippen molar-refractivity contribution in [2.45, 2.75) is 37.5 Å². The van der Waals surface area contributed by atoms with Gasteiger partial charge in [-0.25, -0.2) is 8.42 Å². The van der Waals surface area contributed by atoms with Crippen LogP contribution in [0.25, 0.3) is 0 Å². The van der Waals surface area contributed by atoms with Crippen LogP contribution in [-0.2, 0) is 10.0 Å². The molecular weight excluding hydrogens is 436 g/mol. The Hall–Kier alpha value is -2.98. The topological polar surface area (TPSA) is 110 Å². The normalized spacial score (nSPS) is 11.4. The fourth-order valence-electron chi connectivity index (χ4n) is 2.92. The summed E-state index contributed by atoms with van der Waals surface area (Å²) in [6.45, 7) is 4.18. The number of hydrogen-bond donors (Lipinski definition) is 2. The number of aromatic nitrogens is 2. The van der Waals surface area contributed by atoms with Crippen LogP contribution in [0.4, 0.5) is 10.8 Å². The molecule has 0 saturated heterocycles. The van der Waals surface area contributed by atoms with Crippen molar-refractivity contribution in [3.8, 4) is 5.75 Å². The van der Waals surface area contributed by atoms with Crippen molar-refractivity contribution >= 4 is 38.1 Å². The second-order valence-electron chi connectivity index (χ2n) is 6.77. The molecule has 0 radical (unpaired) electrons. The van der Waals surface area contributed by atoms with Gasteiger partial charge < -0.3 is 4.74 Å². The van der Waals surface area contributed by atoms with Gasteiger partial charge in [0.1, 0.15) is 10.8 Å². The summed E-state index contributed by atoms with van der Waals surface area (Å²) in [6, 6.07) is 12.2. The van der Waals surface area contributed by atoms with Gasteiger partial charge in [-0.05, 0) is 61.4 Å². The molecule has 31 heavy (non-hydrogen) atoms. The molecule has 3 aromatic rings. The lowest BCUT2D eigenvalue weighted by atomic mass is 10.1. The minimum atomic E-state index is -3.79. The minimum Gasteiger partial charge on any atom is -0.497 e. The van der Waals surface area contributed by atoms with Gasteiger partial charge in [0.2, 0.25) is 5.13 Å². The molecule has 0 unspecified atom stereocenters. The Morgan fingerprint density at radius 2 is 1.68 bits per heavy atom. The molecule has 0 spiro atoms. The van der Waals surface area contributed by atoms with Crippen molar-refractivity contribution in [2.24, 2.45) is 0 Å². The maximum absolute atomic E-state index is 12.6. The molecule has 0 aliphatic heterocycles. The Balaban J connectivity index is 1.67. The first kappa shape index (κ1) is 22.7. The SMILES string of the molecule is CCC(CC)c1nnc(NC(=O)c2ccc(S(=O)(=O)Nc3ccc(OC)cc3)cc2)s1. The van der Waals surface area contributed by atoms with Crippen LogP contribution in [0, 0.1) is 0 Å². The summed E-state index contributed by atoms with van der Waals surface area (Å²) in [5.41, 5.74) is 0.731. The Labute approximate surface area is 185 Å². The number of methoxy groups -OCH3 is 1. The number of sulfonamides is 1. The van der Waals surface area contributed by atoms with E-state index >= 15 is 0 Å². The zero-order chi connectivity index (χ0) is 22.4. The number of nitrogens with zero attached hydrogens (tertiary/aromatic N) is 2. The van der Waals surface area contributed by atoms with Gasteiger partial charge in [-0.3, -0.25) is 14.8 Å². The first-order valence-corrected chi connectivity index (χ1v) is 12.1. The number of amides is 1. The molecule has 0 atom stereocenters. The van der Waals surface area contributed by atoms with E-state index in [1.807, 2.05) is 0 Å². The predicted octanol–water partition coefficient (Wildman–Crippen LogP) is 4.50. The fraction of sp³-hybridized carbons (Fsp3) is 0.286. The van der Waals surface area contributed by atoms with Crippen molar-refractivity contribution in [3.05, 3.63) is 59.1 Å². The number of nitrogens with one attached hydrogen (secondary N) is 2. The van der Waals surface area contributed by atoms with Gasteiger partial charge in [-0.1, -0.05) is 25.2 Å². The molecule has 1 heterocycles. The van der Waals surface area contributed by atoms with Gasteiger partial charge in [0.25, 0.3) is 15.9 Å². The Kier molecular flexibility index (Phi) is 7.24. The third kappa shape index (κ3) is 5.59. The zero-order valence-corrected chi connectivity index (χ0v) is 19.1. The summed E-state index contributed by atoms with van der Waals surface area (Å²) in [7, 11) is -2.25. The quantitative estimate of drug-likeness (QED) is 0.486. The molecule has 0 saturated carbocycles. The number of benzene rings is 2. The first-order valence-electron chi connectivity index (χ1n) is 9.78. The highest BCUT2D eigenvalue weighted by Crippen LogP contribution is 2.28. The summed E-state index contributed by atoms with van der Waals surface area (Å²) in [4.78, 5) is 12.5. The summed E-state index contributed by atoms with van der Waals surface area (Å²) in [6.07, 6.45) is 1.92. The third-order valence-corrected chi connectivity index (χ3v) is 7.16. The average molecular weight is 461 g/mol. The number of anilines is 2. The van der Waals surface area contributed by atoms with Crippen LogP contribution in [0.3, 0.4) is 0 Å². The lowest BCUT2D eigenvalue weighted by molar-refractivity contribution is 0.102. The summed E-state index contributed by atoms with van der Waals surface area (Å²) in [5, 5.41) is 12.2. The monoisotopic (exact) mass is 460 g/mol. The molecular formula is C21H24N4O4S2. The lowest BCUT2D eigenvalue weighted by Gasteiger charge is -2.09.